The van der Waals surface area contributed by atoms with Crippen molar-refractivity contribution in [1.29, 1.82) is 0 Å². The number of aryl methyl sites for hydroxylation is 1. The fraction of sp³-hybridized carbons (Fsp3) is 0.400. The molecule has 0 atom stereocenters. The second-order valence-electron chi connectivity index (χ2n) is 7.93. The maximum atomic E-state index is 12.6. The van der Waals surface area contributed by atoms with E-state index < -0.39 is 0 Å². The van der Waals surface area contributed by atoms with Crippen LogP contribution in [0.5, 0.6) is 5.75 Å². The first-order chi connectivity index (χ1) is 15.5. The standard InChI is InChI=1S/C25H31N3O4/c1-20-10-12-22(13-11-20)32-18-5-9-23(29)27-14-6-15-28(17-16-27)24(30)19-26-25(31)21-7-3-2-4-8-21/h2-4,7-8,10-13H,5-6,9,14-19H2,1H3,(H,26,31). The molecule has 0 saturated carbocycles. The van der Waals surface area contributed by atoms with Gasteiger partial charge in [-0.05, 0) is 44.0 Å². The lowest BCUT2D eigenvalue weighted by Crippen LogP contribution is -2.42. The summed E-state index contributed by atoms with van der Waals surface area (Å²) in [7, 11) is 0. The molecule has 2 aromatic carbocycles. The van der Waals surface area contributed by atoms with Crippen LogP contribution >= 0.6 is 0 Å². The second kappa shape index (κ2) is 11.9. The topological polar surface area (TPSA) is 79.0 Å². The Labute approximate surface area is 189 Å². The van der Waals surface area contributed by atoms with Gasteiger partial charge in [-0.25, -0.2) is 0 Å². The molecule has 0 unspecified atom stereocenters. The molecule has 0 bridgehead atoms. The van der Waals surface area contributed by atoms with Crippen LogP contribution in [0.25, 0.3) is 0 Å². The monoisotopic (exact) mass is 437 g/mol. The summed E-state index contributed by atoms with van der Waals surface area (Å²) in [5.74, 6) is 0.504. The lowest BCUT2D eigenvalue weighted by Gasteiger charge is -2.22. The van der Waals surface area contributed by atoms with Gasteiger partial charge in [0.05, 0.1) is 13.2 Å². The number of nitrogens with zero attached hydrogens (tertiary/aromatic N) is 2. The van der Waals surface area contributed by atoms with Crippen LogP contribution in [0.4, 0.5) is 0 Å². The van der Waals surface area contributed by atoms with Crippen molar-refractivity contribution in [2.45, 2.75) is 26.2 Å². The Bertz CT molecular complexity index is 899. The predicted octanol–water partition coefficient (Wildman–Crippen LogP) is 2.64. The fourth-order valence-electron chi connectivity index (χ4n) is 3.58. The Hall–Kier alpha value is -3.35. The van der Waals surface area contributed by atoms with Crippen LogP contribution in [0.3, 0.4) is 0 Å². The molecule has 7 nitrogen and oxygen atoms in total. The van der Waals surface area contributed by atoms with Gasteiger partial charge in [-0.15, -0.1) is 0 Å². The van der Waals surface area contributed by atoms with E-state index in [0.717, 1.165) is 12.2 Å². The molecule has 1 aliphatic rings. The normalized spacial score (nSPS) is 13.9. The molecular weight excluding hydrogens is 406 g/mol. The van der Waals surface area contributed by atoms with Gasteiger partial charge in [0.25, 0.3) is 5.91 Å². The first-order valence-electron chi connectivity index (χ1n) is 11.1. The number of carbonyl (C=O) groups is 3. The third-order valence-electron chi connectivity index (χ3n) is 5.46. The van der Waals surface area contributed by atoms with E-state index in [2.05, 4.69) is 5.32 Å². The molecule has 1 N–H and O–H groups in total. The minimum atomic E-state index is -0.265. The van der Waals surface area contributed by atoms with E-state index in [1.165, 1.54) is 5.56 Å². The highest BCUT2D eigenvalue weighted by atomic mass is 16.5. The molecule has 0 aliphatic carbocycles. The summed E-state index contributed by atoms with van der Waals surface area (Å²) in [6.07, 6.45) is 1.80. The molecule has 7 heteroatoms. The number of rotatable bonds is 8. The molecular formula is C25H31N3O4. The minimum absolute atomic E-state index is 0.0436. The van der Waals surface area contributed by atoms with Crippen LogP contribution in [0.1, 0.15) is 35.2 Å². The maximum absolute atomic E-state index is 12.6. The van der Waals surface area contributed by atoms with E-state index in [4.69, 9.17) is 4.74 Å². The summed E-state index contributed by atoms with van der Waals surface area (Å²) in [6.45, 7) is 4.69. The number of nitrogens with one attached hydrogen (secondary N) is 1. The van der Waals surface area contributed by atoms with Gasteiger partial charge in [-0.1, -0.05) is 35.9 Å². The molecule has 1 fully saturated rings. The molecule has 0 spiro atoms. The van der Waals surface area contributed by atoms with Crippen molar-refractivity contribution >= 4 is 17.7 Å². The predicted molar refractivity (Wildman–Crippen MR) is 122 cm³/mol. The van der Waals surface area contributed by atoms with Gasteiger partial charge in [0, 0.05) is 38.2 Å². The van der Waals surface area contributed by atoms with Crippen LogP contribution in [0, 0.1) is 6.92 Å². The number of benzene rings is 2. The van der Waals surface area contributed by atoms with Crippen LogP contribution in [0.2, 0.25) is 0 Å². The molecule has 1 aliphatic heterocycles. The summed E-state index contributed by atoms with van der Waals surface area (Å²) in [6, 6.07) is 16.7. The van der Waals surface area contributed by atoms with Gasteiger partial charge in [0.1, 0.15) is 5.75 Å². The number of carbonyl (C=O) groups excluding carboxylic acids is 3. The summed E-state index contributed by atoms with van der Waals surface area (Å²) in [4.78, 5) is 40.8. The smallest absolute Gasteiger partial charge is 0.251 e. The zero-order valence-corrected chi connectivity index (χ0v) is 18.6. The number of amides is 3. The number of ether oxygens (including phenoxy) is 1. The fourth-order valence-corrected chi connectivity index (χ4v) is 3.58. The summed E-state index contributed by atoms with van der Waals surface area (Å²) < 4.78 is 5.69. The molecule has 1 saturated heterocycles. The van der Waals surface area contributed by atoms with Crippen LogP contribution in [-0.2, 0) is 9.59 Å². The van der Waals surface area contributed by atoms with Crippen molar-refractivity contribution in [3.05, 3.63) is 65.7 Å². The zero-order valence-electron chi connectivity index (χ0n) is 18.6. The summed E-state index contributed by atoms with van der Waals surface area (Å²) >= 11 is 0. The summed E-state index contributed by atoms with van der Waals surface area (Å²) in [5.41, 5.74) is 1.71. The Morgan fingerprint density at radius 2 is 1.53 bits per heavy atom. The largest absolute Gasteiger partial charge is 0.494 e. The Kier molecular flexibility index (Phi) is 8.66. The molecule has 1 heterocycles. The molecule has 0 aromatic heterocycles. The molecule has 2 aromatic rings. The van der Waals surface area contributed by atoms with E-state index >= 15 is 0 Å². The van der Waals surface area contributed by atoms with Crippen LogP contribution in [-0.4, -0.2) is 66.9 Å². The molecule has 0 radical (unpaired) electrons. The zero-order chi connectivity index (χ0) is 22.8. The van der Waals surface area contributed by atoms with E-state index in [9.17, 15) is 14.4 Å². The lowest BCUT2D eigenvalue weighted by molar-refractivity contribution is -0.133. The first-order valence-corrected chi connectivity index (χ1v) is 11.1. The molecule has 3 rings (SSSR count). The van der Waals surface area contributed by atoms with Crippen molar-refractivity contribution < 1.29 is 19.1 Å². The van der Waals surface area contributed by atoms with Gasteiger partial charge in [0.2, 0.25) is 11.8 Å². The molecule has 3 amide bonds. The number of hydrogen-bond acceptors (Lipinski definition) is 4. The summed E-state index contributed by atoms with van der Waals surface area (Å²) in [5, 5.41) is 2.68. The second-order valence-corrected chi connectivity index (χ2v) is 7.93. The molecule has 32 heavy (non-hydrogen) atoms. The van der Waals surface area contributed by atoms with Crippen LogP contribution in [0.15, 0.2) is 54.6 Å². The van der Waals surface area contributed by atoms with E-state index in [0.29, 0.717) is 51.2 Å². The van der Waals surface area contributed by atoms with Crippen LogP contribution < -0.4 is 10.1 Å². The van der Waals surface area contributed by atoms with E-state index in [-0.39, 0.29) is 24.3 Å². The Morgan fingerprint density at radius 1 is 0.875 bits per heavy atom. The van der Waals surface area contributed by atoms with Gasteiger partial charge in [0.15, 0.2) is 0 Å². The highest BCUT2D eigenvalue weighted by molar-refractivity contribution is 5.96. The van der Waals surface area contributed by atoms with Gasteiger partial charge in [-0.3, -0.25) is 14.4 Å². The van der Waals surface area contributed by atoms with Crippen molar-refractivity contribution in [1.82, 2.24) is 15.1 Å². The maximum Gasteiger partial charge on any atom is 0.251 e. The third kappa shape index (κ3) is 7.11. The van der Waals surface area contributed by atoms with Gasteiger partial charge < -0.3 is 19.9 Å². The van der Waals surface area contributed by atoms with Crippen molar-refractivity contribution in [3.8, 4) is 5.75 Å². The van der Waals surface area contributed by atoms with E-state index in [1.807, 2.05) is 42.2 Å². The average molecular weight is 438 g/mol. The minimum Gasteiger partial charge on any atom is -0.494 e. The van der Waals surface area contributed by atoms with Crippen molar-refractivity contribution in [3.63, 3.8) is 0 Å². The Morgan fingerprint density at radius 3 is 2.22 bits per heavy atom. The Balaban J connectivity index is 1.36. The molecule has 170 valence electrons. The van der Waals surface area contributed by atoms with Crippen molar-refractivity contribution in [2.75, 3.05) is 39.3 Å². The van der Waals surface area contributed by atoms with Gasteiger partial charge in [-0.2, -0.15) is 0 Å². The SMILES string of the molecule is Cc1ccc(OCCCC(=O)N2CCCN(C(=O)CNC(=O)c3ccccc3)CC2)cc1. The first kappa shape index (κ1) is 23.3. The highest BCUT2D eigenvalue weighted by Crippen LogP contribution is 2.12. The highest BCUT2D eigenvalue weighted by Gasteiger charge is 2.22. The number of hydrogen-bond donors (Lipinski definition) is 1. The quantitative estimate of drug-likeness (QED) is 0.644. The van der Waals surface area contributed by atoms with E-state index in [1.54, 1.807) is 29.2 Å². The van der Waals surface area contributed by atoms with Gasteiger partial charge >= 0.3 is 0 Å². The third-order valence-corrected chi connectivity index (χ3v) is 5.46. The van der Waals surface area contributed by atoms with Crippen molar-refractivity contribution in [2.24, 2.45) is 0 Å². The lowest BCUT2D eigenvalue weighted by atomic mass is 10.2. The average Bonchev–Trinajstić information content (AvgIpc) is 3.08.